The van der Waals surface area contributed by atoms with Crippen LogP contribution >= 0.6 is 0 Å². The third kappa shape index (κ3) is 12.2. The van der Waals surface area contributed by atoms with Crippen molar-refractivity contribution >= 4 is 0 Å². The lowest BCUT2D eigenvalue weighted by molar-refractivity contribution is 0.549. The van der Waals surface area contributed by atoms with Crippen LogP contribution in [-0.4, -0.2) is 32.2 Å². The number of hydrogen-bond acceptors (Lipinski definition) is 4. The van der Waals surface area contributed by atoms with E-state index in [1.165, 1.54) is 12.1 Å². The van der Waals surface area contributed by atoms with Gasteiger partial charge in [0.2, 0.25) is 0 Å². The molecule has 1 rings (SSSR count). The van der Waals surface area contributed by atoms with Crippen molar-refractivity contribution in [1.82, 2.24) is 22.1 Å². The van der Waals surface area contributed by atoms with Gasteiger partial charge in [0.15, 0.2) is 0 Å². The fourth-order valence-electron chi connectivity index (χ4n) is 1.72. The number of allylic oxidation sites excluding steroid dienone is 3. The van der Waals surface area contributed by atoms with E-state index in [-0.39, 0.29) is 13.6 Å². The summed E-state index contributed by atoms with van der Waals surface area (Å²) in [4.78, 5) is 0. The standard InChI is InChI=1S/C13H25N3.C2H6.CH4.H3N/c1-3-8-14-9-10-15-11-13-7-5-6-12(4-2)16-13;1-2;;/h5-7,13-16H,3-4,8-11H2,1-2H3;1-2H3;1H4;1H3. The van der Waals surface area contributed by atoms with E-state index in [1.807, 2.05) is 13.8 Å². The molecule has 0 fully saturated rings. The predicted octanol–water partition coefficient (Wildman–Crippen LogP) is 3.22. The highest BCUT2D eigenvalue weighted by atomic mass is 15.0. The molecule has 1 heterocycles. The molecule has 0 aromatic heterocycles. The van der Waals surface area contributed by atoms with Crippen LogP contribution in [0.25, 0.3) is 0 Å². The van der Waals surface area contributed by atoms with Gasteiger partial charge >= 0.3 is 0 Å². The SMILES string of the molecule is C.CC.CCCNCCNCC1C=CC=C(CC)N1.N. The van der Waals surface area contributed by atoms with Crippen LogP contribution < -0.4 is 22.1 Å². The van der Waals surface area contributed by atoms with Crippen LogP contribution in [0.3, 0.4) is 0 Å². The molecule has 0 saturated carbocycles. The van der Waals surface area contributed by atoms with E-state index in [4.69, 9.17) is 0 Å². The van der Waals surface area contributed by atoms with Crippen LogP contribution in [-0.2, 0) is 0 Å². The summed E-state index contributed by atoms with van der Waals surface area (Å²) in [5.74, 6) is 0. The monoisotopic (exact) mass is 286 g/mol. The summed E-state index contributed by atoms with van der Waals surface area (Å²) in [7, 11) is 0. The van der Waals surface area contributed by atoms with Crippen LogP contribution in [0, 0.1) is 0 Å². The van der Waals surface area contributed by atoms with Gasteiger partial charge in [-0.1, -0.05) is 47.3 Å². The summed E-state index contributed by atoms with van der Waals surface area (Å²) in [5.41, 5.74) is 1.33. The third-order valence-corrected chi connectivity index (χ3v) is 2.66. The zero-order chi connectivity index (χ0) is 13.6. The Bertz CT molecular complexity index is 237. The van der Waals surface area contributed by atoms with Crippen LogP contribution in [0.1, 0.15) is 48.0 Å². The van der Waals surface area contributed by atoms with Crippen LogP contribution in [0.2, 0.25) is 0 Å². The first kappa shape index (κ1) is 24.2. The normalized spacial score (nSPS) is 15.8. The Hall–Kier alpha value is -0.840. The lowest BCUT2D eigenvalue weighted by atomic mass is 10.1. The molecule has 4 nitrogen and oxygen atoms in total. The van der Waals surface area contributed by atoms with Crippen molar-refractivity contribution < 1.29 is 0 Å². The minimum Gasteiger partial charge on any atom is -0.381 e. The van der Waals surface area contributed by atoms with Gasteiger partial charge in [-0.2, -0.15) is 0 Å². The van der Waals surface area contributed by atoms with Gasteiger partial charge in [0.25, 0.3) is 0 Å². The van der Waals surface area contributed by atoms with Crippen molar-refractivity contribution in [3.63, 3.8) is 0 Å². The fourth-order valence-corrected chi connectivity index (χ4v) is 1.72. The molecule has 0 aromatic carbocycles. The van der Waals surface area contributed by atoms with E-state index in [0.717, 1.165) is 32.6 Å². The number of dihydropyridines is 1. The summed E-state index contributed by atoms with van der Waals surface area (Å²) in [6.07, 6.45) is 8.80. The maximum atomic E-state index is 3.50. The zero-order valence-electron chi connectivity index (χ0n) is 13.3. The molecule has 0 aliphatic carbocycles. The van der Waals surface area contributed by atoms with E-state index in [0.29, 0.717) is 6.04 Å². The first-order valence-corrected chi connectivity index (χ1v) is 7.42. The second-order valence-corrected chi connectivity index (χ2v) is 4.14. The van der Waals surface area contributed by atoms with Gasteiger partial charge in [-0.3, -0.25) is 0 Å². The molecule has 0 aromatic rings. The lowest BCUT2D eigenvalue weighted by Gasteiger charge is -2.21. The minimum absolute atomic E-state index is 0. The molecule has 0 saturated heterocycles. The Balaban J connectivity index is -0.000000689. The second kappa shape index (κ2) is 18.2. The highest BCUT2D eigenvalue weighted by molar-refractivity contribution is 5.19. The molecule has 0 spiro atoms. The quantitative estimate of drug-likeness (QED) is 0.517. The molecule has 0 bridgehead atoms. The smallest absolute Gasteiger partial charge is 0.0569 e. The molecule has 122 valence electrons. The maximum Gasteiger partial charge on any atom is 0.0569 e. The summed E-state index contributed by atoms with van der Waals surface area (Å²) >= 11 is 0. The molecule has 1 aliphatic rings. The molecular formula is C16H38N4. The Labute approximate surface area is 127 Å². The van der Waals surface area contributed by atoms with E-state index in [1.54, 1.807) is 0 Å². The largest absolute Gasteiger partial charge is 0.381 e. The van der Waals surface area contributed by atoms with Crippen LogP contribution in [0.4, 0.5) is 0 Å². The van der Waals surface area contributed by atoms with Crippen LogP contribution in [0.5, 0.6) is 0 Å². The van der Waals surface area contributed by atoms with Crippen molar-refractivity contribution in [2.75, 3.05) is 26.2 Å². The number of hydrogen-bond donors (Lipinski definition) is 4. The summed E-state index contributed by atoms with van der Waals surface area (Å²) in [6, 6.07) is 0.450. The molecular weight excluding hydrogens is 248 g/mol. The highest BCUT2D eigenvalue weighted by Gasteiger charge is 2.07. The summed E-state index contributed by atoms with van der Waals surface area (Å²) < 4.78 is 0. The summed E-state index contributed by atoms with van der Waals surface area (Å²) in [6.45, 7) is 12.6. The second-order valence-electron chi connectivity index (χ2n) is 4.14. The first-order valence-electron chi connectivity index (χ1n) is 7.42. The molecule has 1 aliphatic heterocycles. The molecule has 20 heavy (non-hydrogen) atoms. The number of rotatable bonds is 8. The van der Waals surface area contributed by atoms with Crippen molar-refractivity contribution in [2.24, 2.45) is 0 Å². The van der Waals surface area contributed by atoms with E-state index >= 15 is 0 Å². The number of nitrogens with one attached hydrogen (secondary N) is 3. The topological polar surface area (TPSA) is 71.1 Å². The molecule has 1 unspecified atom stereocenters. The Morgan fingerprint density at radius 2 is 1.75 bits per heavy atom. The van der Waals surface area contributed by atoms with Crippen LogP contribution in [0.15, 0.2) is 23.9 Å². The first-order chi connectivity index (χ1) is 8.86. The van der Waals surface area contributed by atoms with E-state index < -0.39 is 0 Å². The van der Waals surface area contributed by atoms with Gasteiger partial charge in [-0.25, -0.2) is 0 Å². The predicted molar refractivity (Wildman–Crippen MR) is 93.6 cm³/mol. The molecule has 6 N–H and O–H groups in total. The van der Waals surface area contributed by atoms with Crippen molar-refractivity contribution in [2.45, 2.75) is 54.0 Å². The van der Waals surface area contributed by atoms with Gasteiger partial charge in [0.05, 0.1) is 6.04 Å². The molecule has 0 radical (unpaired) electrons. The maximum absolute atomic E-state index is 3.50. The average Bonchev–Trinajstić information content (AvgIpc) is 2.45. The molecule has 4 heteroatoms. The molecule has 0 amide bonds. The zero-order valence-corrected chi connectivity index (χ0v) is 13.3. The van der Waals surface area contributed by atoms with Crippen molar-refractivity contribution in [3.8, 4) is 0 Å². The van der Waals surface area contributed by atoms with Gasteiger partial charge in [-0.15, -0.1) is 0 Å². The van der Waals surface area contributed by atoms with Gasteiger partial charge in [-0.05, 0) is 25.5 Å². The van der Waals surface area contributed by atoms with E-state index in [2.05, 4.69) is 48.0 Å². The minimum atomic E-state index is 0. The van der Waals surface area contributed by atoms with Gasteiger partial charge in [0.1, 0.15) is 0 Å². The van der Waals surface area contributed by atoms with Crippen molar-refractivity contribution in [1.29, 1.82) is 0 Å². The van der Waals surface area contributed by atoms with Gasteiger partial charge < -0.3 is 22.1 Å². The Morgan fingerprint density at radius 3 is 2.35 bits per heavy atom. The lowest BCUT2D eigenvalue weighted by Crippen LogP contribution is -2.40. The molecule has 1 atom stereocenters. The summed E-state index contributed by atoms with van der Waals surface area (Å²) in [5, 5.41) is 10.3. The third-order valence-electron chi connectivity index (χ3n) is 2.66. The highest BCUT2D eigenvalue weighted by Crippen LogP contribution is 2.04. The van der Waals surface area contributed by atoms with E-state index in [9.17, 15) is 0 Å². The Morgan fingerprint density at radius 1 is 1.10 bits per heavy atom. The Kier molecular flexibility index (Phi) is 22.0. The van der Waals surface area contributed by atoms with Gasteiger partial charge in [0, 0.05) is 25.3 Å². The fraction of sp³-hybridized carbons (Fsp3) is 0.750. The van der Waals surface area contributed by atoms with Crippen molar-refractivity contribution in [3.05, 3.63) is 23.9 Å². The average molecular weight is 287 g/mol.